The van der Waals surface area contributed by atoms with Crippen molar-refractivity contribution in [3.8, 4) is 6.07 Å². The molecule has 3 rings (SSSR count). The van der Waals surface area contributed by atoms with E-state index in [0.717, 1.165) is 5.13 Å². The van der Waals surface area contributed by atoms with Crippen molar-refractivity contribution in [1.82, 2.24) is 4.98 Å². The predicted octanol–water partition coefficient (Wildman–Crippen LogP) is 3.78. The highest BCUT2D eigenvalue weighted by atomic mass is 32.1. The van der Waals surface area contributed by atoms with Gasteiger partial charge < -0.3 is 5.32 Å². The van der Waals surface area contributed by atoms with Crippen LogP contribution in [-0.2, 0) is 6.54 Å². The van der Waals surface area contributed by atoms with E-state index in [2.05, 4.69) is 46.7 Å². The summed E-state index contributed by atoms with van der Waals surface area (Å²) in [7, 11) is 0. The van der Waals surface area contributed by atoms with Gasteiger partial charge in [-0.05, 0) is 16.3 Å². The lowest BCUT2D eigenvalue weighted by Gasteiger charge is -2.07. The zero-order chi connectivity index (χ0) is 13.1. The summed E-state index contributed by atoms with van der Waals surface area (Å²) >= 11 is 1.37. The minimum Gasteiger partial charge on any atom is -0.357 e. The Labute approximate surface area is 115 Å². The van der Waals surface area contributed by atoms with Crippen LogP contribution in [0, 0.1) is 11.3 Å². The fourth-order valence-corrected chi connectivity index (χ4v) is 2.63. The molecule has 0 bridgehead atoms. The lowest BCUT2D eigenvalue weighted by atomic mass is 10.0. The number of nitrogens with zero attached hydrogens (tertiary/aromatic N) is 2. The minimum atomic E-state index is 0.625. The van der Waals surface area contributed by atoms with Crippen molar-refractivity contribution in [2.45, 2.75) is 6.54 Å². The van der Waals surface area contributed by atoms with Crippen molar-refractivity contribution < 1.29 is 0 Å². The SMILES string of the molecule is N#Cc1cnc(NCc2cccc3ccccc23)s1. The van der Waals surface area contributed by atoms with E-state index in [9.17, 15) is 0 Å². The second-order valence-electron chi connectivity index (χ2n) is 4.13. The molecule has 3 nitrogen and oxygen atoms in total. The maximum atomic E-state index is 8.77. The van der Waals surface area contributed by atoms with Gasteiger partial charge in [-0.3, -0.25) is 0 Å². The number of thiazole rings is 1. The molecule has 0 saturated carbocycles. The third-order valence-electron chi connectivity index (χ3n) is 2.93. The number of anilines is 1. The van der Waals surface area contributed by atoms with Crippen LogP contribution < -0.4 is 5.32 Å². The van der Waals surface area contributed by atoms with Crippen molar-refractivity contribution in [3.05, 3.63) is 59.1 Å². The molecule has 0 atom stereocenters. The van der Waals surface area contributed by atoms with Gasteiger partial charge in [0.2, 0.25) is 0 Å². The summed E-state index contributed by atoms with van der Waals surface area (Å²) in [6.07, 6.45) is 1.59. The largest absolute Gasteiger partial charge is 0.357 e. The smallest absolute Gasteiger partial charge is 0.184 e. The van der Waals surface area contributed by atoms with Gasteiger partial charge in [0.05, 0.1) is 6.20 Å². The van der Waals surface area contributed by atoms with Crippen LogP contribution in [0.15, 0.2) is 48.7 Å². The Balaban J connectivity index is 1.84. The Hall–Kier alpha value is -2.38. The van der Waals surface area contributed by atoms with E-state index in [-0.39, 0.29) is 0 Å². The molecule has 2 aromatic carbocycles. The van der Waals surface area contributed by atoms with Crippen LogP contribution in [0.4, 0.5) is 5.13 Å². The maximum absolute atomic E-state index is 8.77. The molecular formula is C15H11N3S. The summed E-state index contributed by atoms with van der Waals surface area (Å²) in [6, 6.07) is 16.7. The van der Waals surface area contributed by atoms with E-state index in [0.29, 0.717) is 11.4 Å². The quantitative estimate of drug-likeness (QED) is 0.784. The van der Waals surface area contributed by atoms with Crippen molar-refractivity contribution in [2.24, 2.45) is 0 Å². The number of aromatic nitrogens is 1. The Bertz CT molecular complexity index is 750. The molecule has 0 aliphatic heterocycles. The first kappa shape index (κ1) is 11.7. The summed E-state index contributed by atoms with van der Waals surface area (Å²) in [5, 5.41) is 15.3. The molecule has 0 aliphatic rings. The molecule has 0 fully saturated rings. The second kappa shape index (κ2) is 5.09. The van der Waals surface area contributed by atoms with Gasteiger partial charge in [-0.15, -0.1) is 0 Å². The minimum absolute atomic E-state index is 0.625. The average Bonchev–Trinajstić information content (AvgIpc) is 2.93. The van der Waals surface area contributed by atoms with Gasteiger partial charge >= 0.3 is 0 Å². The molecule has 1 aromatic heterocycles. The average molecular weight is 265 g/mol. The molecule has 0 saturated heterocycles. The Morgan fingerprint density at radius 3 is 2.84 bits per heavy atom. The molecule has 3 aromatic rings. The monoisotopic (exact) mass is 265 g/mol. The Morgan fingerprint density at radius 1 is 1.16 bits per heavy atom. The highest BCUT2D eigenvalue weighted by Crippen LogP contribution is 2.21. The van der Waals surface area contributed by atoms with Gasteiger partial charge in [-0.1, -0.05) is 53.8 Å². The molecule has 0 spiro atoms. The van der Waals surface area contributed by atoms with Gasteiger partial charge in [-0.2, -0.15) is 5.26 Å². The van der Waals surface area contributed by atoms with Gasteiger partial charge in [-0.25, -0.2) is 4.98 Å². The summed E-state index contributed by atoms with van der Waals surface area (Å²) in [5.41, 5.74) is 1.23. The predicted molar refractivity (Wildman–Crippen MR) is 78.1 cm³/mol. The summed E-state index contributed by atoms with van der Waals surface area (Å²) in [4.78, 5) is 4.79. The molecule has 4 heteroatoms. The Morgan fingerprint density at radius 2 is 2.00 bits per heavy atom. The van der Waals surface area contributed by atoms with Crippen LogP contribution >= 0.6 is 11.3 Å². The molecular weight excluding hydrogens is 254 g/mol. The molecule has 1 heterocycles. The molecule has 92 valence electrons. The van der Waals surface area contributed by atoms with E-state index in [4.69, 9.17) is 5.26 Å². The standard InChI is InChI=1S/C15H11N3S/c16-8-13-10-18-15(19-13)17-9-12-6-3-5-11-4-1-2-7-14(11)12/h1-7,10H,9H2,(H,17,18). The fraction of sp³-hybridized carbons (Fsp3) is 0.0667. The van der Waals surface area contributed by atoms with E-state index in [1.54, 1.807) is 6.20 Å². The van der Waals surface area contributed by atoms with E-state index in [1.807, 2.05) is 12.1 Å². The number of hydrogen-bond acceptors (Lipinski definition) is 4. The number of fused-ring (bicyclic) bond motifs is 1. The van der Waals surface area contributed by atoms with Gasteiger partial charge in [0, 0.05) is 6.54 Å². The lowest BCUT2D eigenvalue weighted by Crippen LogP contribution is -1.99. The first-order chi connectivity index (χ1) is 9.36. The molecule has 0 unspecified atom stereocenters. The van der Waals surface area contributed by atoms with Gasteiger partial charge in [0.25, 0.3) is 0 Å². The first-order valence-electron chi connectivity index (χ1n) is 5.93. The van der Waals surface area contributed by atoms with Crippen LogP contribution in [-0.4, -0.2) is 4.98 Å². The third-order valence-corrected chi connectivity index (χ3v) is 3.79. The molecule has 1 N–H and O–H groups in total. The Kier molecular flexibility index (Phi) is 3.13. The van der Waals surface area contributed by atoms with Crippen LogP contribution in [0.25, 0.3) is 10.8 Å². The highest BCUT2D eigenvalue weighted by Gasteiger charge is 2.03. The topological polar surface area (TPSA) is 48.7 Å². The first-order valence-corrected chi connectivity index (χ1v) is 6.75. The van der Waals surface area contributed by atoms with Gasteiger partial charge in [0.1, 0.15) is 10.9 Å². The second-order valence-corrected chi connectivity index (χ2v) is 5.16. The molecule has 0 amide bonds. The van der Waals surface area contributed by atoms with Gasteiger partial charge in [0.15, 0.2) is 5.13 Å². The van der Waals surface area contributed by atoms with Crippen LogP contribution in [0.5, 0.6) is 0 Å². The van der Waals surface area contributed by atoms with Crippen molar-refractivity contribution in [2.75, 3.05) is 5.32 Å². The van der Waals surface area contributed by atoms with E-state index >= 15 is 0 Å². The fourth-order valence-electron chi connectivity index (χ4n) is 2.03. The highest BCUT2D eigenvalue weighted by molar-refractivity contribution is 7.16. The number of rotatable bonds is 3. The van der Waals surface area contributed by atoms with Crippen LogP contribution in [0.2, 0.25) is 0 Å². The number of nitrogens with one attached hydrogen (secondary N) is 1. The number of nitriles is 1. The van der Waals surface area contributed by atoms with Crippen LogP contribution in [0.1, 0.15) is 10.4 Å². The zero-order valence-corrected chi connectivity index (χ0v) is 10.9. The van der Waals surface area contributed by atoms with Crippen molar-refractivity contribution in [1.29, 1.82) is 5.26 Å². The maximum Gasteiger partial charge on any atom is 0.184 e. The van der Waals surface area contributed by atoms with E-state index < -0.39 is 0 Å². The molecule has 0 aliphatic carbocycles. The summed E-state index contributed by atoms with van der Waals surface area (Å²) in [6.45, 7) is 0.708. The summed E-state index contributed by atoms with van der Waals surface area (Å²) < 4.78 is 0. The molecule has 19 heavy (non-hydrogen) atoms. The van der Waals surface area contributed by atoms with Crippen LogP contribution in [0.3, 0.4) is 0 Å². The number of benzene rings is 2. The van der Waals surface area contributed by atoms with E-state index in [1.165, 1.54) is 27.7 Å². The zero-order valence-electron chi connectivity index (χ0n) is 10.1. The van der Waals surface area contributed by atoms with Crippen molar-refractivity contribution in [3.63, 3.8) is 0 Å². The third kappa shape index (κ3) is 2.42. The lowest BCUT2D eigenvalue weighted by molar-refractivity contribution is 1.15. The normalized spacial score (nSPS) is 10.3. The summed E-state index contributed by atoms with van der Waals surface area (Å²) in [5.74, 6) is 0. The number of hydrogen-bond donors (Lipinski definition) is 1. The molecule has 0 radical (unpaired) electrons. The van der Waals surface area contributed by atoms with Crippen molar-refractivity contribution >= 4 is 27.2 Å².